The largest absolute Gasteiger partial charge is 0.345 e. The van der Waals surface area contributed by atoms with E-state index in [4.69, 9.17) is 0 Å². The minimum absolute atomic E-state index is 0.986. The van der Waals surface area contributed by atoms with E-state index in [1.165, 1.54) is 15.8 Å². The van der Waals surface area contributed by atoms with E-state index < -0.39 is 0 Å². The van der Waals surface area contributed by atoms with E-state index in [-0.39, 0.29) is 0 Å². The SMILES string of the molecule is CSc1c[nH]c2nccc(C)c12. The molecular weight excluding hydrogens is 168 g/mol. The Morgan fingerprint density at radius 2 is 2.33 bits per heavy atom. The molecule has 0 unspecified atom stereocenters. The van der Waals surface area contributed by atoms with Crippen LogP contribution >= 0.6 is 11.8 Å². The van der Waals surface area contributed by atoms with Crippen LogP contribution in [0.2, 0.25) is 0 Å². The van der Waals surface area contributed by atoms with Crippen molar-refractivity contribution in [1.82, 2.24) is 9.97 Å². The average molecular weight is 178 g/mol. The molecule has 2 heterocycles. The number of thioether (sulfide) groups is 1. The van der Waals surface area contributed by atoms with Gasteiger partial charge in [-0.3, -0.25) is 0 Å². The van der Waals surface area contributed by atoms with Crippen LogP contribution in [0, 0.1) is 6.92 Å². The highest BCUT2D eigenvalue weighted by molar-refractivity contribution is 7.98. The van der Waals surface area contributed by atoms with Crippen molar-refractivity contribution in [3.05, 3.63) is 24.0 Å². The molecule has 0 atom stereocenters. The first-order valence-corrected chi connectivity index (χ1v) is 5.02. The molecule has 2 aromatic heterocycles. The van der Waals surface area contributed by atoms with Gasteiger partial charge in [-0.15, -0.1) is 11.8 Å². The summed E-state index contributed by atoms with van der Waals surface area (Å²) in [5.74, 6) is 0. The van der Waals surface area contributed by atoms with Gasteiger partial charge in [-0.05, 0) is 24.8 Å². The molecular formula is C9H10N2S. The van der Waals surface area contributed by atoms with Crippen molar-refractivity contribution >= 4 is 22.8 Å². The molecule has 2 rings (SSSR count). The second-order valence-electron chi connectivity index (χ2n) is 2.71. The number of fused-ring (bicyclic) bond motifs is 1. The van der Waals surface area contributed by atoms with Crippen LogP contribution < -0.4 is 0 Å². The summed E-state index contributed by atoms with van der Waals surface area (Å²) in [6, 6.07) is 2.04. The minimum atomic E-state index is 0.986. The van der Waals surface area contributed by atoms with E-state index in [9.17, 15) is 0 Å². The fourth-order valence-corrected chi connectivity index (χ4v) is 1.98. The summed E-state index contributed by atoms with van der Waals surface area (Å²) in [5.41, 5.74) is 2.27. The van der Waals surface area contributed by atoms with Crippen LogP contribution in [0.25, 0.3) is 11.0 Å². The molecule has 0 radical (unpaired) electrons. The molecule has 12 heavy (non-hydrogen) atoms. The second kappa shape index (κ2) is 2.83. The zero-order chi connectivity index (χ0) is 8.55. The predicted molar refractivity (Wildman–Crippen MR) is 52.6 cm³/mol. The molecule has 1 N–H and O–H groups in total. The Bertz CT molecular complexity index is 406. The molecule has 62 valence electrons. The first-order chi connectivity index (χ1) is 5.83. The lowest BCUT2D eigenvalue weighted by atomic mass is 10.2. The lowest BCUT2D eigenvalue weighted by Crippen LogP contribution is -1.78. The lowest BCUT2D eigenvalue weighted by molar-refractivity contribution is 1.31. The maximum absolute atomic E-state index is 4.24. The molecule has 0 bridgehead atoms. The standard InChI is InChI=1S/C9H10N2S/c1-6-3-4-10-9-8(6)7(12-2)5-11-9/h3-5H,1-2H3,(H,10,11). The van der Waals surface area contributed by atoms with Gasteiger partial charge in [0.25, 0.3) is 0 Å². The van der Waals surface area contributed by atoms with Gasteiger partial charge in [0.15, 0.2) is 0 Å². The average Bonchev–Trinajstić information content (AvgIpc) is 2.49. The third-order valence-corrected chi connectivity index (χ3v) is 2.73. The van der Waals surface area contributed by atoms with E-state index in [0.29, 0.717) is 0 Å². The first kappa shape index (κ1) is 7.68. The zero-order valence-corrected chi connectivity index (χ0v) is 7.90. The van der Waals surface area contributed by atoms with Gasteiger partial charge in [0, 0.05) is 22.7 Å². The molecule has 3 heteroatoms. The molecule has 0 amide bonds. The fourth-order valence-electron chi connectivity index (χ4n) is 1.35. The number of hydrogen-bond donors (Lipinski definition) is 1. The smallest absolute Gasteiger partial charge is 0.138 e. The highest BCUT2D eigenvalue weighted by Crippen LogP contribution is 2.26. The molecule has 2 nitrogen and oxygen atoms in total. The first-order valence-electron chi connectivity index (χ1n) is 3.79. The molecule has 2 aromatic rings. The monoisotopic (exact) mass is 178 g/mol. The highest BCUT2D eigenvalue weighted by atomic mass is 32.2. The number of aryl methyl sites for hydroxylation is 1. The molecule has 0 spiro atoms. The van der Waals surface area contributed by atoms with E-state index in [2.05, 4.69) is 23.1 Å². The molecule has 0 fully saturated rings. The lowest BCUT2D eigenvalue weighted by Gasteiger charge is -1.96. The Labute approximate surface area is 75.4 Å². The number of hydrogen-bond acceptors (Lipinski definition) is 2. The van der Waals surface area contributed by atoms with Gasteiger partial charge >= 0.3 is 0 Å². The summed E-state index contributed by atoms with van der Waals surface area (Å²) in [5, 5.41) is 1.25. The van der Waals surface area contributed by atoms with Gasteiger partial charge in [-0.25, -0.2) is 4.98 Å². The van der Waals surface area contributed by atoms with Crippen molar-refractivity contribution in [2.45, 2.75) is 11.8 Å². The van der Waals surface area contributed by atoms with Gasteiger partial charge in [0.1, 0.15) is 5.65 Å². The maximum atomic E-state index is 4.24. The Kier molecular flexibility index (Phi) is 1.81. The van der Waals surface area contributed by atoms with Crippen LogP contribution in [0.5, 0.6) is 0 Å². The zero-order valence-electron chi connectivity index (χ0n) is 7.09. The van der Waals surface area contributed by atoms with Gasteiger partial charge in [0.05, 0.1) is 0 Å². The minimum Gasteiger partial charge on any atom is -0.345 e. The predicted octanol–water partition coefficient (Wildman–Crippen LogP) is 2.59. The quantitative estimate of drug-likeness (QED) is 0.680. The Morgan fingerprint density at radius 3 is 3.08 bits per heavy atom. The summed E-state index contributed by atoms with van der Waals surface area (Å²) in [4.78, 5) is 8.66. The molecule has 0 aromatic carbocycles. The summed E-state index contributed by atoms with van der Waals surface area (Å²) in [6.45, 7) is 2.11. The van der Waals surface area contributed by atoms with Gasteiger partial charge in [-0.1, -0.05) is 0 Å². The molecule has 0 aliphatic heterocycles. The van der Waals surface area contributed by atoms with Crippen molar-refractivity contribution in [3.8, 4) is 0 Å². The fraction of sp³-hybridized carbons (Fsp3) is 0.222. The topological polar surface area (TPSA) is 28.7 Å². The van der Waals surface area contributed by atoms with Crippen molar-refractivity contribution < 1.29 is 0 Å². The number of aromatic nitrogens is 2. The molecule has 0 saturated heterocycles. The Hall–Kier alpha value is -0.960. The second-order valence-corrected chi connectivity index (χ2v) is 3.56. The van der Waals surface area contributed by atoms with Crippen molar-refractivity contribution in [3.63, 3.8) is 0 Å². The van der Waals surface area contributed by atoms with Crippen molar-refractivity contribution in [2.75, 3.05) is 6.26 Å². The number of pyridine rings is 1. The Morgan fingerprint density at radius 1 is 1.50 bits per heavy atom. The van der Waals surface area contributed by atoms with Gasteiger partial charge < -0.3 is 4.98 Å². The third-order valence-electron chi connectivity index (χ3n) is 1.97. The highest BCUT2D eigenvalue weighted by Gasteiger charge is 2.04. The molecule has 0 saturated carbocycles. The van der Waals surface area contributed by atoms with E-state index >= 15 is 0 Å². The number of rotatable bonds is 1. The van der Waals surface area contributed by atoms with Gasteiger partial charge in [-0.2, -0.15) is 0 Å². The van der Waals surface area contributed by atoms with Gasteiger partial charge in [0.2, 0.25) is 0 Å². The van der Waals surface area contributed by atoms with Crippen molar-refractivity contribution in [1.29, 1.82) is 0 Å². The number of nitrogens with zero attached hydrogens (tertiary/aromatic N) is 1. The van der Waals surface area contributed by atoms with Crippen LogP contribution in [-0.4, -0.2) is 16.2 Å². The number of aromatic amines is 1. The van der Waals surface area contributed by atoms with E-state index in [1.807, 2.05) is 18.5 Å². The van der Waals surface area contributed by atoms with Crippen LogP contribution in [0.1, 0.15) is 5.56 Å². The van der Waals surface area contributed by atoms with E-state index in [1.54, 1.807) is 11.8 Å². The summed E-state index contributed by atoms with van der Waals surface area (Å²) < 4.78 is 0. The van der Waals surface area contributed by atoms with Crippen LogP contribution in [-0.2, 0) is 0 Å². The summed E-state index contributed by atoms with van der Waals surface area (Å²) >= 11 is 1.75. The number of nitrogens with one attached hydrogen (secondary N) is 1. The molecule has 0 aliphatic carbocycles. The number of H-pyrrole nitrogens is 1. The van der Waals surface area contributed by atoms with Crippen LogP contribution in [0.4, 0.5) is 0 Å². The molecule has 0 aliphatic rings. The summed E-state index contributed by atoms with van der Waals surface area (Å²) in [7, 11) is 0. The summed E-state index contributed by atoms with van der Waals surface area (Å²) in [6.07, 6.45) is 5.92. The normalized spacial score (nSPS) is 10.8. The van der Waals surface area contributed by atoms with Crippen LogP contribution in [0.15, 0.2) is 23.4 Å². The third kappa shape index (κ3) is 1.01. The maximum Gasteiger partial charge on any atom is 0.138 e. The Balaban J connectivity index is 2.83. The van der Waals surface area contributed by atoms with Crippen LogP contribution in [0.3, 0.4) is 0 Å². The van der Waals surface area contributed by atoms with Crippen molar-refractivity contribution in [2.24, 2.45) is 0 Å². The van der Waals surface area contributed by atoms with E-state index in [0.717, 1.165) is 5.65 Å².